The van der Waals surface area contributed by atoms with Crippen LogP contribution in [0.1, 0.15) is 23.7 Å². The SMILES string of the molecule is CC(C1N=C(c2ccc(C#Cc3cccc(F)c3)cn2)NO1)N(C)C. The Bertz CT molecular complexity index is 836. The number of aliphatic imine (C=N–C) groups is 1. The van der Waals surface area contributed by atoms with Crippen molar-refractivity contribution >= 4 is 5.84 Å². The first kappa shape index (κ1) is 17.1. The lowest BCUT2D eigenvalue weighted by atomic mass is 10.2. The highest BCUT2D eigenvalue weighted by Crippen LogP contribution is 2.13. The first-order valence-corrected chi connectivity index (χ1v) is 7.93. The zero-order valence-electron chi connectivity index (χ0n) is 14.3. The minimum atomic E-state index is -0.299. The van der Waals surface area contributed by atoms with Crippen LogP contribution in [0.2, 0.25) is 0 Å². The van der Waals surface area contributed by atoms with E-state index in [9.17, 15) is 4.39 Å². The van der Waals surface area contributed by atoms with Gasteiger partial charge in [0.15, 0.2) is 12.1 Å². The quantitative estimate of drug-likeness (QED) is 0.872. The second-order valence-electron chi connectivity index (χ2n) is 5.98. The number of hydroxylamine groups is 1. The molecule has 0 amide bonds. The molecule has 5 nitrogen and oxygen atoms in total. The molecule has 6 heteroatoms. The Morgan fingerprint density at radius 3 is 2.68 bits per heavy atom. The Hall–Kier alpha value is -2.75. The van der Waals surface area contributed by atoms with E-state index in [1.807, 2.05) is 38.1 Å². The van der Waals surface area contributed by atoms with Gasteiger partial charge in [-0.25, -0.2) is 19.7 Å². The molecule has 0 radical (unpaired) electrons. The van der Waals surface area contributed by atoms with Crippen LogP contribution in [-0.4, -0.2) is 42.1 Å². The van der Waals surface area contributed by atoms with E-state index in [1.165, 1.54) is 12.1 Å². The summed E-state index contributed by atoms with van der Waals surface area (Å²) < 4.78 is 13.1. The first-order chi connectivity index (χ1) is 12.0. The number of pyridine rings is 1. The van der Waals surface area contributed by atoms with Crippen molar-refractivity contribution in [1.82, 2.24) is 15.4 Å². The Labute approximate surface area is 146 Å². The lowest BCUT2D eigenvalue weighted by molar-refractivity contribution is -0.00502. The molecule has 1 aromatic heterocycles. The standard InChI is InChI=1S/C19H19FN4O/c1-13(24(2)3)19-22-18(23-25-19)17-10-9-15(12-21-17)8-7-14-5-4-6-16(20)11-14/h4-6,9-13,19H,1-3H3,(H,22,23). The van der Waals surface area contributed by atoms with Gasteiger partial charge in [0.2, 0.25) is 0 Å². The van der Waals surface area contributed by atoms with E-state index in [2.05, 4.69) is 27.3 Å². The van der Waals surface area contributed by atoms with Crippen molar-refractivity contribution in [1.29, 1.82) is 0 Å². The Kier molecular flexibility index (Phi) is 5.08. The molecule has 3 rings (SSSR count). The van der Waals surface area contributed by atoms with Gasteiger partial charge < -0.3 is 4.90 Å². The predicted molar refractivity (Wildman–Crippen MR) is 94.3 cm³/mol. The summed E-state index contributed by atoms with van der Waals surface area (Å²) in [6.07, 6.45) is 1.38. The molecule has 2 heterocycles. The molecule has 0 aliphatic carbocycles. The van der Waals surface area contributed by atoms with Gasteiger partial charge in [-0.3, -0.25) is 4.98 Å². The van der Waals surface area contributed by atoms with Crippen molar-refractivity contribution in [3.63, 3.8) is 0 Å². The summed E-state index contributed by atoms with van der Waals surface area (Å²) in [4.78, 5) is 16.4. The molecular formula is C19H19FN4O. The Morgan fingerprint density at radius 1 is 1.20 bits per heavy atom. The van der Waals surface area contributed by atoms with Crippen LogP contribution < -0.4 is 5.48 Å². The average Bonchev–Trinajstić information content (AvgIpc) is 3.09. The smallest absolute Gasteiger partial charge is 0.192 e. The molecule has 0 fully saturated rings. The fourth-order valence-corrected chi connectivity index (χ4v) is 2.19. The lowest BCUT2D eigenvalue weighted by Gasteiger charge is -2.22. The van der Waals surface area contributed by atoms with Crippen LogP contribution in [0.3, 0.4) is 0 Å². The van der Waals surface area contributed by atoms with E-state index >= 15 is 0 Å². The van der Waals surface area contributed by atoms with Crippen molar-refractivity contribution in [3.8, 4) is 11.8 Å². The largest absolute Gasteiger partial charge is 0.302 e. The van der Waals surface area contributed by atoms with Gasteiger partial charge in [-0.1, -0.05) is 17.9 Å². The van der Waals surface area contributed by atoms with E-state index in [4.69, 9.17) is 4.84 Å². The summed E-state index contributed by atoms with van der Waals surface area (Å²) in [5, 5.41) is 0. The summed E-state index contributed by atoms with van der Waals surface area (Å²) >= 11 is 0. The van der Waals surface area contributed by atoms with Gasteiger partial charge in [0.1, 0.15) is 11.5 Å². The van der Waals surface area contributed by atoms with Gasteiger partial charge in [0, 0.05) is 17.3 Å². The van der Waals surface area contributed by atoms with Crippen molar-refractivity contribution in [2.45, 2.75) is 19.2 Å². The number of hydrogen-bond acceptors (Lipinski definition) is 5. The van der Waals surface area contributed by atoms with Crippen LogP contribution in [0.25, 0.3) is 0 Å². The zero-order chi connectivity index (χ0) is 17.8. The van der Waals surface area contributed by atoms with E-state index < -0.39 is 0 Å². The monoisotopic (exact) mass is 338 g/mol. The van der Waals surface area contributed by atoms with Crippen molar-refractivity contribution in [2.24, 2.45) is 4.99 Å². The molecule has 0 saturated carbocycles. The molecule has 0 spiro atoms. The van der Waals surface area contributed by atoms with Gasteiger partial charge in [0.25, 0.3) is 0 Å². The van der Waals surface area contributed by atoms with E-state index in [0.29, 0.717) is 17.1 Å². The number of hydrogen-bond donors (Lipinski definition) is 1. The highest BCUT2D eigenvalue weighted by Gasteiger charge is 2.26. The molecule has 1 aliphatic heterocycles. The molecule has 128 valence electrons. The minimum absolute atomic E-state index is 0.140. The van der Waals surface area contributed by atoms with E-state index in [1.54, 1.807) is 18.3 Å². The maximum atomic E-state index is 13.1. The van der Waals surface area contributed by atoms with Crippen LogP contribution in [-0.2, 0) is 4.84 Å². The lowest BCUT2D eigenvalue weighted by Crippen LogP contribution is -2.36. The van der Waals surface area contributed by atoms with Crippen LogP contribution in [0.15, 0.2) is 47.6 Å². The summed E-state index contributed by atoms with van der Waals surface area (Å²) in [6.45, 7) is 2.04. The third-order valence-corrected chi connectivity index (χ3v) is 3.94. The predicted octanol–water partition coefficient (Wildman–Crippen LogP) is 2.18. The van der Waals surface area contributed by atoms with Gasteiger partial charge in [-0.15, -0.1) is 0 Å². The number of likely N-dealkylation sites (N-methyl/N-ethyl adjacent to an activating group) is 1. The van der Waals surface area contributed by atoms with Crippen LogP contribution in [0.5, 0.6) is 0 Å². The van der Waals surface area contributed by atoms with Crippen molar-refractivity contribution in [3.05, 3.63) is 65.2 Å². The first-order valence-electron chi connectivity index (χ1n) is 7.93. The fourth-order valence-electron chi connectivity index (χ4n) is 2.19. The molecule has 25 heavy (non-hydrogen) atoms. The molecule has 1 aliphatic rings. The Balaban J connectivity index is 1.72. The summed E-state index contributed by atoms with van der Waals surface area (Å²) in [5.41, 5.74) is 4.88. The second kappa shape index (κ2) is 7.43. The van der Waals surface area contributed by atoms with Gasteiger partial charge in [-0.05, 0) is 51.4 Å². The number of nitrogens with one attached hydrogen (secondary N) is 1. The molecular weight excluding hydrogens is 319 g/mol. The normalized spacial score (nSPS) is 17.5. The number of nitrogens with zero attached hydrogens (tertiary/aromatic N) is 3. The zero-order valence-corrected chi connectivity index (χ0v) is 14.3. The highest BCUT2D eigenvalue weighted by molar-refractivity contribution is 5.97. The van der Waals surface area contributed by atoms with E-state index in [0.717, 1.165) is 5.56 Å². The van der Waals surface area contributed by atoms with Gasteiger partial charge >= 0.3 is 0 Å². The number of aromatic nitrogens is 1. The van der Waals surface area contributed by atoms with Gasteiger partial charge in [-0.2, -0.15) is 0 Å². The molecule has 1 N–H and O–H groups in total. The maximum absolute atomic E-state index is 13.1. The fraction of sp³-hybridized carbons (Fsp3) is 0.263. The molecule has 0 bridgehead atoms. The molecule has 1 aromatic carbocycles. The second-order valence-corrected chi connectivity index (χ2v) is 5.98. The molecule has 2 aromatic rings. The summed E-state index contributed by atoms with van der Waals surface area (Å²) in [6, 6.07) is 10.0. The number of rotatable bonds is 3. The summed E-state index contributed by atoms with van der Waals surface area (Å²) in [7, 11) is 3.96. The highest BCUT2D eigenvalue weighted by atomic mass is 19.1. The third-order valence-electron chi connectivity index (χ3n) is 3.94. The Morgan fingerprint density at radius 2 is 2.00 bits per heavy atom. The van der Waals surface area contributed by atoms with Gasteiger partial charge in [0.05, 0.1) is 6.04 Å². The molecule has 2 atom stereocenters. The summed E-state index contributed by atoms with van der Waals surface area (Å²) in [5.74, 6) is 6.19. The molecule has 2 unspecified atom stereocenters. The average molecular weight is 338 g/mol. The maximum Gasteiger partial charge on any atom is 0.192 e. The van der Waals surface area contributed by atoms with Crippen LogP contribution >= 0.6 is 0 Å². The number of benzene rings is 1. The van der Waals surface area contributed by atoms with Crippen molar-refractivity contribution in [2.75, 3.05) is 14.1 Å². The van der Waals surface area contributed by atoms with Crippen LogP contribution in [0, 0.1) is 17.7 Å². The molecule has 0 saturated heterocycles. The topological polar surface area (TPSA) is 49.8 Å². The number of halogens is 1. The van der Waals surface area contributed by atoms with E-state index in [-0.39, 0.29) is 18.1 Å². The minimum Gasteiger partial charge on any atom is -0.302 e. The third kappa shape index (κ3) is 4.21. The number of amidine groups is 1. The van der Waals surface area contributed by atoms with Crippen molar-refractivity contribution < 1.29 is 9.23 Å². The van der Waals surface area contributed by atoms with Crippen LogP contribution in [0.4, 0.5) is 4.39 Å².